The fourth-order valence-corrected chi connectivity index (χ4v) is 3.55. The fraction of sp³-hybridized carbons (Fsp3) is 0.333. The summed E-state index contributed by atoms with van der Waals surface area (Å²) in [7, 11) is 0. The molecule has 7 heteroatoms. The number of ether oxygens (including phenoxy) is 1. The van der Waals surface area contributed by atoms with E-state index in [4.69, 9.17) is 4.74 Å². The molecule has 1 amide bonds. The molecule has 1 aliphatic heterocycles. The minimum Gasteiger partial charge on any atom is -0.376 e. The summed E-state index contributed by atoms with van der Waals surface area (Å²) >= 11 is 0. The summed E-state index contributed by atoms with van der Waals surface area (Å²) in [6.07, 6.45) is 3.68. The van der Waals surface area contributed by atoms with E-state index in [1.54, 1.807) is 35.9 Å². The van der Waals surface area contributed by atoms with E-state index in [0.717, 1.165) is 30.5 Å². The number of carbonyl (C=O) groups is 1. The van der Waals surface area contributed by atoms with Crippen molar-refractivity contribution in [3.63, 3.8) is 0 Å². The van der Waals surface area contributed by atoms with Crippen LogP contribution in [0.4, 0.5) is 5.69 Å². The number of nitrogens with one attached hydrogen (secondary N) is 1. The number of carbonyl (C=O) groups excluding carboxylic acids is 1. The van der Waals surface area contributed by atoms with Crippen LogP contribution in [0, 0.1) is 13.8 Å². The molecule has 0 spiro atoms. The molecule has 1 fully saturated rings. The molecule has 3 aromatic rings. The van der Waals surface area contributed by atoms with Gasteiger partial charge in [0.15, 0.2) is 0 Å². The monoisotopic (exact) mass is 378 g/mol. The third-order valence-electron chi connectivity index (χ3n) is 5.02. The first kappa shape index (κ1) is 18.3. The maximum atomic E-state index is 13.0. The SMILES string of the molecule is Cc1cc2c(NC(=O)c3c(C)ccn(CC4CCCO4)c3=O)cccc2nn1. The summed E-state index contributed by atoms with van der Waals surface area (Å²) in [6.45, 7) is 4.80. The molecule has 1 aliphatic rings. The highest BCUT2D eigenvalue weighted by Crippen LogP contribution is 2.22. The number of amides is 1. The number of aromatic nitrogens is 3. The molecule has 0 aliphatic carbocycles. The van der Waals surface area contributed by atoms with Crippen molar-refractivity contribution in [1.82, 2.24) is 14.8 Å². The van der Waals surface area contributed by atoms with E-state index in [1.165, 1.54) is 0 Å². The van der Waals surface area contributed by atoms with Crippen LogP contribution in [0.2, 0.25) is 0 Å². The second-order valence-corrected chi connectivity index (χ2v) is 7.14. The first-order chi connectivity index (χ1) is 13.5. The summed E-state index contributed by atoms with van der Waals surface area (Å²) in [5, 5.41) is 11.9. The summed E-state index contributed by atoms with van der Waals surface area (Å²) in [5.41, 5.74) is 2.53. The molecular weight excluding hydrogens is 356 g/mol. The number of fused-ring (bicyclic) bond motifs is 1. The zero-order valence-electron chi connectivity index (χ0n) is 15.9. The van der Waals surface area contributed by atoms with Crippen molar-refractivity contribution in [1.29, 1.82) is 0 Å². The zero-order chi connectivity index (χ0) is 19.7. The zero-order valence-corrected chi connectivity index (χ0v) is 15.9. The van der Waals surface area contributed by atoms with E-state index >= 15 is 0 Å². The molecule has 0 saturated carbocycles. The lowest BCUT2D eigenvalue weighted by atomic mass is 10.1. The van der Waals surface area contributed by atoms with Crippen molar-refractivity contribution in [3.05, 3.63) is 63.7 Å². The number of aryl methyl sites for hydroxylation is 2. The van der Waals surface area contributed by atoms with Gasteiger partial charge in [-0.25, -0.2) is 0 Å². The van der Waals surface area contributed by atoms with E-state index in [2.05, 4.69) is 15.5 Å². The Hall–Kier alpha value is -3.06. The Morgan fingerprint density at radius 2 is 2.14 bits per heavy atom. The molecule has 1 aromatic carbocycles. The van der Waals surface area contributed by atoms with Crippen LogP contribution in [-0.4, -0.2) is 33.4 Å². The van der Waals surface area contributed by atoms with Crippen LogP contribution >= 0.6 is 0 Å². The van der Waals surface area contributed by atoms with Crippen LogP contribution in [0.1, 0.15) is 34.5 Å². The second-order valence-electron chi connectivity index (χ2n) is 7.14. The maximum Gasteiger partial charge on any atom is 0.263 e. The Bertz CT molecular complexity index is 1100. The van der Waals surface area contributed by atoms with Gasteiger partial charge in [0.05, 0.1) is 29.5 Å². The van der Waals surface area contributed by atoms with Crippen LogP contribution < -0.4 is 10.9 Å². The van der Waals surface area contributed by atoms with Crippen molar-refractivity contribution in [2.75, 3.05) is 11.9 Å². The van der Waals surface area contributed by atoms with Gasteiger partial charge in [0.1, 0.15) is 5.56 Å². The highest BCUT2D eigenvalue weighted by Gasteiger charge is 2.21. The molecule has 28 heavy (non-hydrogen) atoms. The number of hydrogen-bond donors (Lipinski definition) is 1. The number of benzene rings is 1. The van der Waals surface area contributed by atoms with Crippen molar-refractivity contribution in [3.8, 4) is 0 Å². The van der Waals surface area contributed by atoms with Gasteiger partial charge in [0, 0.05) is 18.2 Å². The molecular formula is C21H22N4O3. The van der Waals surface area contributed by atoms with Crippen LogP contribution in [0.15, 0.2) is 41.3 Å². The molecule has 1 unspecified atom stereocenters. The normalized spacial score (nSPS) is 16.4. The average Bonchev–Trinajstić information content (AvgIpc) is 3.18. The Morgan fingerprint density at radius 1 is 1.29 bits per heavy atom. The van der Waals surface area contributed by atoms with Crippen molar-refractivity contribution in [2.45, 2.75) is 39.3 Å². The van der Waals surface area contributed by atoms with E-state index in [9.17, 15) is 9.59 Å². The predicted molar refractivity (Wildman–Crippen MR) is 107 cm³/mol. The van der Waals surface area contributed by atoms with Gasteiger partial charge in [-0.2, -0.15) is 10.2 Å². The van der Waals surface area contributed by atoms with Gasteiger partial charge in [0.2, 0.25) is 0 Å². The largest absolute Gasteiger partial charge is 0.376 e. The molecule has 1 saturated heterocycles. The average molecular weight is 378 g/mol. The smallest absolute Gasteiger partial charge is 0.263 e. The van der Waals surface area contributed by atoms with E-state index in [0.29, 0.717) is 23.3 Å². The predicted octanol–water partition coefficient (Wildman–Crippen LogP) is 2.84. The molecule has 7 nitrogen and oxygen atoms in total. The van der Waals surface area contributed by atoms with Crippen molar-refractivity contribution in [2.24, 2.45) is 0 Å². The minimum atomic E-state index is -0.425. The van der Waals surface area contributed by atoms with Gasteiger partial charge >= 0.3 is 0 Å². The second kappa shape index (κ2) is 7.52. The van der Waals surface area contributed by atoms with E-state index in [1.807, 2.05) is 19.1 Å². The van der Waals surface area contributed by atoms with Crippen LogP contribution in [-0.2, 0) is 11.3 Å². The molecule has 144 valence electrons. The number of hydrogen-bond acceptors (Lipinski definition) is 5. The molecule has 0 radical (unpaired) electrons. The van der Waals surface area contributed by atoms with Crippen LogP contribution in [0.25, 0.3) is 10.9 Å². The Kier molecular flexibility index (Phi) is 4.92. The molecule has 3 heterocycles. The van der Waals surface area contributed by atoms with Crippen LogP contribution in [0.5, 0.6) is 0 Å². The standard InChI is InChI=1S/C21H22N4O3/c1-13-8-9-25(12-15-5-4-10-28-15)21(27)19(13)20(26)22-17-6-3-7-18-16(17)11-14(2)23-24-18/h3,6-9,11,15H,4-5,10,12H2,1-2H3,(H,22,26). The highest BCUT2D eigenvalue weighted by atomic mass is 16.5. The third kappa shape index (κ3) is 3.53. The van der Waals surface area contributed by atoms with Gasteiger partial charge in [-0.1, -0.05) is 6.07 Å². The fourth-order valence-electron chi connectivity index (χ4n) is 3.55. The summed E-state index contributed by atoms with van der Waals surface area (Å²) in [4.78, 5) is 25.9. The Morgan fingerprint density at radius 3 is 2.93 bits per heavy atom. The van der Waals surface area contributed by atoms with Gasteiger partial charge in [-0.15, -0.1) is 0 Å². The van der Waals surface area contributed by atoms with Gasteiger partial charge in [-0.05, 0) is 56.5 Å². The Labute approximate surface area is 162 Å². The molecule has 1 atom stereocenters. The number of pyridine rings is 1. The maximum absolute atomic E-state index is 13.0. The number of nitrogens with zero attached hydrogens (tertiary/aromatic N) is 3. The first-order valence-corrected chi connectivity index (χ1v) is 9.39. The molecule has 4 rings (SSSR count). The van der Waals surface area contributed by atoms with Crippen molar-refractivity contribution < 1.29 is 9.53 Å². The quantitative estimate of drug-likeness (QED) is 0.754. The lowest BCUT2D eigenvalue weighted by molar-refractivity contribution is 0.0952. The third-order valence-corrected chi connectivity index (χ3v) is 5.02. The Balaban J connectivity index is 1.67. The first-order valence-electron chi connectivity index (χ1n) is 9.39. The highest BCUT2D eigenvalue weighted by molar-refractivity contribution is 6.09. The van der Waals surface area contributed by atoms with Gasteiger partial charge in [-0.3, -0.25) is 9.59 Å². The van der Waals surface area contributed by atoms with Gasteiger partial charge in [0.25, 0.3) is 11.5 Å². The van der Waals surface area contributed by atoms with Crippen molar-refractivity contribution >= 4 is 22.5 Å². The number of rotatable bonds is 4. The molecule has 1 N–H and O–H groups in total. The van der Waals surface area contributed by atoms with Crippen LogP contribution in [0.3, 0.4) is 0 Å². The number of anilines is 1. The molecule has 2 aromatic heterocycles. The summed E-state index contributed by atoms with van der Waals surface area (Å²) in [6, 6.07) is 9.09. The lowest BCUT2D eigenvalue weighted by Gasteiger charge is -2.15. The van der Waals surface area contributed by atoms with E-state index in [-0.39, 0.29) is 17.2 Å². The topological polar surface area (TPSA) is 86.1 Å². The summed E-state index contributed by atoms with van der Waals surface area (Å²) in [5.74, 6) is -0.425. The lowest BCUT2D eigenvalue weighted by Crippen LogP contribution is -2.32. The molecule has 0 bridgehead atoms. The van der Waals surface area contributed by atoms with E-state index < -0.39 is 5.91 Å². The summed E-state index contributed by atoms with van der Waals surface area (Å²) < 4.78 is 7.19. The van der Waals surface area contributed by atoms with Gasteiger partial charge < -0.3 is 14.6 Å². The minimum absolute atomic E-state index is 0.0240.